The summed E-state index contributed by atoms with van der Waals surface area (Å²) in [6.45, 7) is 2.02. The molecule has 0 aliphatic carbocycles. The van der Waals surface area contributed by atoms with Crippen LogP contribution in [0.2, 0.25) is 0 Å². The maximum atomic E-state index is 11.9. The lowest BCUT2D eigenvalue weighted by atomic mass is 10.2. The van der Waals surface area contributed by atoms with Gasteiger partial charge in [0.25, 0.3) is 5.91 Å². The van der Waals surface area contributed by atoms with Crippen LogP contribution < -0.4 is 9.80 Å². The van der Waals surface area contributed by atoms with E-state index in [-0.39, 0.29) is 24.7 Å². The number of cyclic esters (lactones) is 1. The van der Waals surface area contributed by atoms with Crippen molar-refractivity contribution in [3.05, 3.63) is 24.3 Å². The van der Waals surface area contributed by atoms with Crippen LogP contribution >= 0.6 is 0 Å². The molecule has 7 heteroatoms. The predicted molar refractivity (Wildman–Crippen MR) is 79.1 cm³/mol. The second-order valence-corrected chi connectivity index (χ2v) is 5.19. The van der Waals surface area contributed by atoms with Gasteiger partial charge in [0.1, 0.15) is 12.7 Å². The van der Waals surface area contributed by atoms with Crippen molar-refractivity contribution in [2.24, 2.45) is 0 Å². The molecule has 2 aliphatic heterocycles. The summed E-state index contributed by atoms with van der Waals surface area (Å²) in [5, 5.41) is 0. The molecular formula is C15H18N2O5. The number of anilines is 2. The molecule has 0 unspecified atom stereocenters. The quantitative estimate of drug-likeness (QED) is 0.831. The van der Waals surface area contributed by atoms with Gasteiger partial charge in [0.2, 0.25) is 0 Å². The van der Waals surface area contributed by atoms with E-state index in [0.717, 1.165) is 11.4 Å². The Labute approximate surface area is 128 Å². The van der Waals surface area contributed by atoms with Crippen molar-refractivity contribution < 1.29 is 23.8 Å². The van der Waals surface area contributed by atoms with Crippen molar-refractivity contribution in [1.82, 2.24) is 0 Å². The number of benzene rings is 1. The Kier molecular flexibility index (Phi) is 4.26. The minimum Gasteiger partial charge on any atom is -0.441 e. The molecule has 2 heterocycles. The average molecular weight is 306 g/mol. The van der Waals surface area contributed by atoms with Crippen LogP contribution in [0.1, 0.15) is 0 Å². The van der Waals surface area contributed by atoms with Crippen molar-refractivity contribution in [2.75, 3.05) is 49.8 Å². The summed E-state index contributed by atoms with van der Waals surface area (Å²) in [4.78, 5) is 26.9. The third-order valence-corrected chi connectivity index (χ3v) is 3.69. The highest BCUT2D eigenvalue weighted by molar-refractivity contribution is 5.95. The lowest BCUT2D eigenvalue weighted by Gasteiger charge is -2.27. The number of ether oxygens (including phenoxy) is 3. The van der Waals surface area contributed by atoms with E-state index in [0.29, 0.717) is 26.3 Å². The van der Waals surface area contributed by atoms with E-state index in [4.69, 9.17) is 14.2 Å². The summed E-state index contributed by atoms with van der Waals surface area (Å²) in [5.41, 5.74) is 1.55. The Morgan fingerprint density at radius 2 is 1.86 bits per heavy atom. The Morgan fingerprint density at radius 3 is 2.50 bits per heavy atom. The van der Waals surface area contributed by atoms with Gasteiger partial charge in [0.15, 0.2) is 0 Å². The van der Waals surface area contributed by atoms with Crippen molar-refractivity contribution in [3.63, 3.8) is 0 Å². The zero-order valence-electron chi connectivity index (χ0n) is 12.4. The first-order valence-corrected chi connectivity index (χ1v) is 7.14. The topological polar surface area (TPSA) is 68.3 Å². The maximum Gasteiger partial charge on any atom is 0.414 e. The summed E-state index contributed by atoms with van der Waals surface area (Å²) in [6, 6.07) is 7.29. The number of morpholine rings is 1. The minimum absolute atomic E-state index is 0.0558. The predicted octanol–water partition coefficient (Wildman–Crippen LogP) is 1.02. The van der Waals surface area contributed by atoms with E-state index >= 15 is 0 Å². The summed E-state index contributed by atoms with van der Waals surface area (Å²) in [6.07, 6.45) is -0.629. The third kappa shape index (κ3) is 2.90. The molecule has 22 heavy (non-hydrogen) atoms. The first-order chi connectivity index (χ1) is 10.7. The fourth-order valence-corrected chi connectivity index (χ4v) is 2.61. The van der Waals surface area contributed by atoms with Crippen molar-refractivity contribution in [3.8, 4) is 0 Å². The monoisotopic (exact) mass is 306 g/mol. The van der Waals surface area contributed by atoms with Gasteiger partial charge in [-0.2, -0.15) is 0 Å². The Hall–Kier alpha value is -2.12. The standard InChI is InChI=1S/C15H18N2O5/c1-20-9-13-8-17(15(19)22-13)12-4-2-11(3-5-12)16-6-7-21-10-14(16)18/h2-5,13H,6-10H2,1H3/t13-/m1/s1. The number of nitrogens with zero attached hydrogens (tertiary/aromatic N) is 2. The van der Waals surface area contributed by atoms with Gasteiger partial charge in [-0.05, 0) is 24.3 Å². The summed E-state index contributed by atoms with van der Waals surface area (Å²) in [7, 11) is 1.57. The van der Waals surface area contributed by atoms with Crippen molar-refractivity contribution >= 4 is 23.4 Å². The highest BCUT2D eigenvalue weighted by Crippen LogP contribution is 2.25. The van der Waals surface area contributed by atoms with Gasteiger partial charge in [-0.15, -0.1) is 0 Å². The smallest absolute Gasteiger partial charge is 0.414 e. The lowest BCUT2D eigenvalue weighted by molar-refractivity contribution is -0.125. The molecule has 3 rings (SSSR count). The molecule has 0 radical (unpaired) electrons. The van der Waals surface area contributed by atoms with Gasteiger partial charge in [-0.1, -0.05) is 0 Å². The van der Waals surface area contributed by atoms with E-state index in [2.05, 4.69) is 0 Å². The molecule has 1 aromatic rings. The van der Waals surface area contributed by atoms with Crippen LogP contribution in [0.15, 0.2) is 24.3 Å². The summed E-state index contributed by atoms with van der Waals surface area (Å²) in [5.74, 6) is -0.0558. The second kappa shape index (κ2) is 6.33. The van der Waals surface area contributed by atoms with E-state index in [1.807, 2.05) is 24.3 Å². The number of carbonyl (C=O) groups is 2. The maximum absolute atomic E-state index is 11.9. The first kappa shape index (κ1) is 14.8. The molecule has 0 spiro atoms. The largest absolute Gasteiger partial charge is 0.441 e. The van der Waals surface area contributed by atoms with Crippen LogP contribution in [0.5, 0.6) is 0 Å². The number of amides is 2. The molecule has 0 N–H and O–H groups in total. The Bertz CT molecular complexity index is 560. The van der Waals surface area contributed by atoms with Crippen molar-refractivity contribution in [2.45, 2.75) is 6.10 Å². The number of rotatable bonds is 4. The fourth-order valence-electron chi connectivity index (χ4n) is 2.61. The number of methoxy groups -OCH3 is 1. The molecule has 1 atom stereocenters. The normalized spacial score (nSPS) is 22.1. The molecular weight excluding hydrogens is 288 g/mol. The van der Waals surface area contributed by atoms with Gasteiger partial charge in [-0.3, -0.25) is 9.69 Å². The third-order valence-electron chi connectivity index (χ3n) is 3.69. The highest BCUT2D eigenvalue weighted by Gasteiger charge is 2.32. The summed E-state index contributed by atoms with van der Waals surface area (Å²) >= 11 is 0. The molecule has 2 aliphatic rings. The molecule has 2 saturated heterocycles. The van der Waals surface area contributed by atoms with Gasteiger partial charge in [0.05, 0.1) is 19.8 Å². The molecule has 118 valence electrons. The van der Waals surface area contributed by atoms with E-state index in [1.54, 1.807) is 16.9 Å². The Morgan fingerprint density at radius 1 is 1.18 bits per heavy atom. The van der Waals surface area contributed by atoms with Gasteiger partial charge in [-0.25, -0.2) is 4.79 Å². The molecule has 2 fully saturated rings. The van der Waals surface area contributed by atoms with Gasteiger partial charge in [0, 0.05) is 25.0 Å². The molecule has 0 aromatic heterocycles. The van der Waals surface area contributed by atoms with E-state index in [1.165, 1.54) is 0 Å². The van der Waals surface area contributed by atoms with Crippen LogP contribution in [0.4, 0.5) is 16.2 Å². The fraction of sp³-hybridized carbons (Fsp3) is 0.467. The number of carbonyl (C=O) groups excluding carboxylic acids is 2. The zero-order chi connectivity index (χ0) is 15.5. The van der Waals surface area contributed by atoms with E-state index < -0.39 is 0 Å². The zero-order valence-corrected chi connectivity index (χ0v) is 12.4. The SMILES string of the molecule is COC[C@H]1CN(c2ccc(N3CCOCC3=O)cc2)C(=O)O1. The second-order valence-electron chi connectivity index (χ2n) is 5.19. The van der Waals surface area contributed by atoms with Crippen LogP contribution in [-0.4, -0.2) is 58.1 Å². The van der Waals surface area contributed by atoms with Gasteiger partial charge >= 0.3 is 6.09 Å². The first-order valence-electron chi connectivity index (χ1n) is 7.14. The highest BCUT2D eigenvalue weighted by atomic mass is 16.6. The molecule has 7 nitrogen and oxygen atoms in total. The minimum atomic E-state index is -0.378. The van der Waals surface area contributed by atoms with Crippen LogP contribution in [0.25, 0.3) is 0 Å². The average Bonchev–Trinajstić information content (AvgIpc) is 2.89. The van der Waals surface area contributed by atoms with Crippen LogP contribution in [-0.2, 0) is 19.0 Å². The molecule has 0 bridgehead atoms. The van der Waals surface area contributed by atoms with Crippen LogP contribution in [0, 0.1) is 0 Å². The van der Waals surface area contributed by atoms with Crippen LogP contribution in [0.3, 0.4) is 0 Å². The number of hydrogen-bond acceptors (Lipinski definition) is 5. The Balaban J connectivity index is 1.71. The van der Waals surface area contributed by atoms with Crippen molar-refractivity contribution in [1.29, 1.82) is 0 Å². The lowest BCUT2D eigenvalue weighted by Crippen LogP contribution is -2.41. The van der Waals surface area contributed by atoms with E-state index in [9.17, 15) is 9.59 Å². The van der Waals surface area contributed by atoms with Gasteiger partial charge < -0.3 is 19.1 Å². The number of hydrogen-bond donors (Lipinski definition) is 0. The molecule has 0 saturated carbocycles. The molecule has 2 amide bonds. The molecule has 1 aromatic carbocycles. The summed E-state index contributed by atoms with van der Waals surface area (Å²) < 4.78 is 15.3.